The Bertz CT molecular complexity index is 762. The molecule has 0 saturated heterocycles. The third-order valence-electron chi connectivity index (χ3n) is 3.10. The van der Waals surface area contributed by atoms with Gasteiger partial charge in [-0.2, -0.15) is 0 Å². The zero-order chi connectivity index (χ0) is 14.1. The summed E-state index contributed by atoms with van der Waals surface area (Å²) in [6, 6.07) is 9.49. The van der Waals surface area contributed by atoms with Crippen molar-refractivity contribution >= 4 is 34.0 Å². The predicted molar refractivity (Wildman–Crippen MR) is 79.7 cm³/mol. The standard InChI is InChI=1S/C14H13N3O2S/c15-9-3-1-4-10-13(9)16-14(11-5-2-8-20-11)17(10)7-6-12(18)19/h1-5,8H,6-7,15H2,(H,18,19). The Morgan fingerprint density at radius 2 is 2.20 bits per heavy atom. The molecule has 6 heteroatoms. The fraction of sp³-hybridized carbons (Fsp3) is 0.143. The summed E-state index contributed by atoms with van der Waals surface area (Å²) in [6.45, 7) is 0.377. The van der Waals surface area contributed by atoms with E-state index in [1.54, 1.807) is 17.4 Å². The number of thiophene rings is 1. The lowest BCUT2D eigenvalue weighted by atomic mass is 10.2. The Kier molecular flexibility index (Phi) is 3.15. The summed E-state index contributed by atoms with van der Waals surface area (Å²) < 4.78 is 1.92. The smallest absolute Gasteiger partial charge is 0.305 e. The molecule has 1 aromatic carbocycles. The first-order chi connectivity index (χ1) is 9.66. The maximum absolute atomic E-state index is 10.8. The van der Waals surface area contributed by atoms with Crippen molar-refractivity contribution in [3.8, 4) is 10.7 Å². The first kappa shape index (κ1) is 12.7. The molecule has 20 heavy (non-hydrogen) atoms. The number of aliphatic carboxylic acids is 1. The number of para-hydroxylation sites is 1. The molecule has 0 saturated carbocycles. The Labute approximate surface area is 119 Å². The van der Waals surface area contributed by atoms with Crippen LogP contribution < -0.4 is 5.73 Å². The number of fused-ring (bicyclic) bond motifs is 1. The second-order valence-electron chi connectivity index (χ2n) is 4.42. The first-order valence-corrected chi connectivity index (χ1v) is 7.05. The van der Waals surface area contributed by atoms with Gasteiger partial charge in [0.25, 0.3) is 0 Å². The van der Waals surface area contributed by atoms with Crippen LogP contribution in [0.3, 0.4) is 0 Å². The van der Waals surface area contributed by atoms with Crippen molar-refractivity contribution in [2.75, 3.05) is 5.73 Å². The van der Waals surface area contributed by atoms with Gasteiger partial charge in [0, 0.05) is 6.54 Å². The molecule has 0 radical (unpaired) electrons. The number of nitrogens with zero attached hydrogens (tertiary/aromatic N) is 2. The number of aromatic nitrogens is 2. The molecule has 0 amide bonds. The van der Waals surface area contributed by atoms with Crippen molar-refractivity contribution in [2.24, 2.45) is 0 Å². The molecule has 0 aliphatic rings. The number of hydrogen-bond acceptors (Lipinski definition) is 4. The highest BCUT2D eigenvalue weighted by atomic mass is 32.1. The number of nitrogen functional groups attached to an aromatic ring is 1. The summed E-state index contributed by atoms with van der Waals surface area (Å²) in [6.07, 6.45) is 0.0542. The maximum Gasteiger partial charge on any atom is 0.305 e. The van der Waals surface area contributed by atoms with Crippen LogP contribution in [-0.4, -0.2) is 20.6 Å². The van der Waals surface area contributed by atoms with Crippen LogP contribution in [0.4, 0.5) is 5.69 Å². The molecule has 0 atom stereocenters. The molecule has 102 valence electrons. The molecular weight excluding hydrogens is 274 g/mol. The van der Waals surface area contributed by atoms with Crippen molar-refractivity contribution in [1.82, 2.24) is 9.55 Å². The van der Waals surface area contributed by atoms with E-state index in [0.29, 0.717) is 12.2 Å². The number of imidazole rings is 1. The molecule has 0 unspecified atom stereocenters. The minimum Gasteiger partial charge on any atom is -0.481 e. The third-order valence-corrected chi connectivity index (χ3v) is 3.97. The van der Waals surface area contributed by atoms with Gasteiger partial charge in [0.15, 0.2) is 5.82 Å². The molecule has 0 bridgehead atoms. The monoisotopic (exact) mass is 287 g/mol. The number of carboxylic acids is 1. The molecular formula is C14H13N3O2S. The lowest BCUT2D eigenvalue weighted by Gasteiger charge is -2.06. The average molecular weight is 287 g/mol. The van der Waals surface area contributed by atoms with Gasteiger partial charge < -0.3 is 15.4 Å². The largest absolute Gasteiger partial charge is 0.481 e. The van der Waals surface area contributed by atoms with E-state index in [4.69, 9.17) is 10.8 Å². The molecule has 0 aliphatic heterocycles. The Balaban J connectivity index is 2.19. The van der Waals surface area contributed by atoms with Gasteiger partial charge in [-0.25, -0.2) is 4.98 Å². The van der Waals surface area contributed by atoms with Crippen LogP contribution >= 0.6 is 11.3 Å². The highest BCUT2D eigenvalue weighted by molar-refractivity contribution is 7.13. The fourth-order valence-electron chi connectivity index (χ4n) is 2.20. The fourth-order valence-corrected chi connectivity index (χ4v) is 2.92. The van der Waals surface area contributed by atoms with Gasteiger partial charge >= 0.3 is 5.97 Å². The van der Waals surface area contributed by atoms with Crippen LogP contribution in [0.1, 0.15) is 6.42 Å². The van der Waals surface area contributed by atoms with E-state index in [9.17, 15) is 4.79 Å². The molecule has 0 spiro atoms. The van der Waals surface area contributed by atoms with E-state index in [0.717, 1.165) is 21.7 Å². The first-order valence-electron chi connectivity index (χ1n) is 6.17. The van der Waals surface area contributed by atoms with E-state index in [1.807, 2.05) is 34.2 Å². The quantitative estimate of drug-likeness (QED) is 0.723. The van der Waals surface area contributed by atoms with E-state index >= 15 is 0 Å². The van der Waals surface area contributed by atoms with Crippen LogP contribution in [0.5, 0.6) is 0 Å². The molecule has 0 aliphatic carbocycles. The number of hydrogen-bond donors (Lipinski definition) is 2. The van der Waals surface area contributed by atoms with E-state index in [2.05, 4.69) is 4.98 Å². The number of rotatable bonds is 4. The maximum atomic E-state index is 10.8. The van der Waals surface area contributed by atoms with Crippen LogP contribution in [-0.2, 0) is 11.3 Å². The molecule has 3 rings (SSSR count). The summed E-state index contributed by atoms with van der Waals surface area (Å²) in [5.74, 6) is -0.0537. The summed E-state index contributed by atoms with van der Waals surface area (Å²) in [7, 11) is 0. The number of carboxylic acid groups (broad SMARTS) is 1. The number of anilines is 1. The topological polar surface area (TPSA) is 81.1 Å². The number of benzene rings is 1. The van der Waals surface area contributed by atoms with E-state index < -0.39 is 5.97 Å². The minimum atomic E-state index is -0.826. The molecule has 2 heterocycles. The van der Waals surface area contributed by atoms with Gasteiger partial charge in [-0.15, -0.1) is 11.3 Å². The highest BCUT2D eigenvalue weighted by Gasteiger charge is 2.15. The van der Waals surface area contributed by atoms with Crippen LogP contribution in [0.15, 0.2) is 35.7 Å². The molecule has 0 fully saturated rings. The SMILES string of the molecule is Nc1cccc2c1nc(-c1cccs1)n2CCC(=O)O. The highest BCUT2D eigenvalue weighted by Crippen LogP contribution is 2.30. The minimum absolute atomic E-state index is 0.0542. The molecule has 3 aromatic rings. The lowest BCUT2D eigenvalue weighted by Crippen LogP contribution is -2.05. The van der Waals surface area contributed by atoms with Crippen molar-refractivity contribution < 1.29 is 9.90 Å². The summed E-state index contributed by atoms with van der Waals surface area (Å²) in [5.41, 5.74) is 8.16. The Morgan fingerprint density at radius 3 is 2.90 bits per heavy atom. The molecule has 5 nitrogen and oxygen atoms in total. The number of carbonyl (C=O) groups is 1. The zero-order valence-corrected chi connectivity index (χ0v) is 11.4. The molecule has 3 N–H and O–H groups in total. The van der Waals surface area contributed by atoms with Gasteiger partial charge in [0.2, 0.25) is 0 Å². The number of aryl methyl sites for hydroxylation is 1. The van der Waals surface area contributed by atoms with Crippen LogP contribution in [0.25, 0.3) is 21.7 Å². The second-order valence-corrected chi connectivity index (χ2v) is 5.37. The van der Waals surface area contributed by atoms with Gasteiger partial charge in [0.05, 0.1) is 22.5 Å². The molecule has 2 aromatic heterocycles. The second kappa shape index (κ2) is 4.97. The summed E-state index contributed by atoms with van der Waals surface area (Å²) >= 11 is 1.57. The van der Waals surface area contributed by atoms with Crippen molar-refractivity contribution in [2.45, 2.75) is 13.0 Å². The van der Waals surface area contributed by atoms with Gasteiger partial charge in [-0.1, -0.05) is 12.1 Å². The number of nitrogens with two attached hydrogens (primary N) is 1. The van der Waals surface area contributed by atoms with E-state index in [1.165, 1.54) is 0 Å². The summed E-state index contributed by atoms with van der Waals surface area (Å²) in [5, 5.41) is 10.9. The average Bonchev–Trinajstić information content (AvgIpc) is 3.04. The van der Waals surface area contributed by atoms with Gasteiger partial charge in [-0.05, 0) is 23.6 Å². The lowest BCUT2D eigenvalue weighted by molar-refractivity contribution is -0.137. The van der Waals surface area contributed by atoms with Crippen molar-refractivity contribution in [3.05, 3.63) is 35.7 Å². The Morgan fingerprint density at radius 1 is 1.35 bits per heavy atom. The van der Waals surface area contributed by atoms with Crippen molar-refractivity contribution in [1.29, 1.82) is 0 Å². The predicted octanol–water partition coefficient (Wildman–Crippen LogP) is 2.82. The summed E-state index contributed by atoms with van der Waals surface area (Å²) in [4.78, 5) is 16.4. The van der Waals surface area contributed by atoms with Crippen molar-refractivity contribution in [3.63, 3.8) is 0 Å². The van der Waals surface area contributed by atoms with Gasteiger partial charge in [-0.3, -0.25) is 4.79 Å². The van der Waals surface area contributed by atoms with Crippen LogP contribution in [0, 0.1) is 0 Å². The van der Waals surface area contributed by atoms with Gasteiger partial charge in [0.1, 0.15) is 5.52 Å². The third kappa shape index (κ3) is 2.14. The van der Waals surface area contributed by atoms with E-state index in [-0.39, 0.29) is 6.42 Å². The van der Waals surface area contributed by atoms with Crippen LogP contribution in [0.2, 0.25) is 0 Å². The Hall–Kier alpha value is -2.34. The zero-order valence-electron chi connectivity index (χ0n) is 10.6. The normalized spacial score (nSPS) is 11.0.